The van der Waals surface area contributed by atoms with Crippen molar-refractivity contribution >= 4 is 35.8 Å². The first-order valence-electron chi connectivity index (χ1n) is 13.3. The first kappa shape index (κ1) is 29.3. The Morgan fingerprint density at radius 3 is 1.95 bits per heavy atom. The molecule has 0 spiro atoms. The van der Waals surface area contributed by atoms with Crippen molar-refractivity contribution < 1.29 is 19.1 Å². The molecule has 0 radical (unpaired) electrons. The molecule has 0 aliphatic heterocycles. The van der Waals surface area contributed by atoms with Gasteiger partial charge in [0.1, 0.15) is 6.10 Å². The summed E-state index contributed by atoms with van der Waals surface area (Å²) < 4.78 is 11.4. The van der Waals surface area contributed by atoms with Gasteiger partial charge in [0.2, 0.25) is 0 Å². The van der Waals surface area contributed by atoms with Gasteiger partial charge in [0.15, 0.2) is 0 Å². The molecule has 200 valence electrons. The molecule has 0 aliphatic carbocycles. The van der Waals surface area contributed by atoms with Crippen molar-refractivity contribution in [1.82, 2.24) is 0 Å². The summed E-state index contributed by atoms with van der Waals surface area (Å²) in [6.45, 7) is 12.3. The zero-order chi connectivity index (χ0) is 27.5. The minimum atomic E-state index is -0.951. The van der Waals surface area contributed by atoms with Crippen LogP contribution in [-0.2, 0) is 14.3 Å². The fourth-order valence-corrected chi connectivity index (χ4v) is 7.26. The average molecular weight is 531 g/mol. The molecule has 4 nitrogen and oxygen atoms in total. The van der Waals surface area contributed by atoms with E-state index in [0.717, 1.165) is 5.30 Å². The van der Waals surface area contributed by atoms with E-state index in [9.17, 15) is 9.59 Å². The number of allylic oxidation sites excluding steroid dienone is 1. The number of esters is 2. The Morgan fingerprint density at radius 2 is 1.42 bits per heavy atom. The standard InChI is InChI=1S/C33H39O4P/c1-6-26(23-31(34)36-7-2)22-25(5)32(24(3)4)37-33(35)29-20-14-15-21-30(29)38(27-16-10-8-11-17-27)28-18-12-9-13-19-28/h6,8-21,24-26,32H,1,7,22-23H2,2-5H3/t25-,26-,32-/m1/s1. The van der Waals surface area contributed by atoms with Crippen molar-refractivity contribution in [2.24, 2.45) is 17.8 Å². The highest BCUT2D eigenvalue weighted by atomic mass is 31.1. The molecule has 0 N–H and O–H groups in total. The minimum Gasteiger partial charge on any atom is -0.466 e. The van der Waals surface area contributed by atoms with E-state index in [0.29, 0.717) is 18.6 Å². The zero-order valence-corrected chi connectivity index (χ0v) is 23.8. The second-order valence-corrected chi connectivity index (χ2v) is 12.0. The molecule has 38 heavy (non-hydrogen) atoms. The maximum atomic E-state index is 13.8. The van der Waals surface area contributed by atoms with Crippen molar-refractivity contribution in [2.45, 2.75) is 46.6 Å². The smallest absolute Gasteiger partial charge is 0.339 e. The Hall–Kier alpha value is -3.23. The van der Waals surface area contributed by atoms with Crippen LogP contribution in [0.4, 0.5) is 0 Å². The molecule has 0 unspecified atom stereocenters. The second-order valence-electron chi connectivity index (χ2n) is 9.86. The molecule has 3 rings (SSSR count). The van der Waals surface area contributed by atoms with Gasteiger partial charge in [-0.3, -0.25) is 4.79 Å². The number of hydrogen-bond acceptors (Lipinski definition) is 4. The molecular weight excluding hydrogens is 491 g/mol. The Labute approximate surface area is 228 Å². The van der Waals surface area contributed by atoms with Gasteiger partial charge in [0.25, 0.3) is 0 Å². The number of carbonyl (C=O) groups is 2. The Kier molecular flexibility index (Phi) is 11.3. The summed E-state index contributed by atoms with van der Waals surface area (Å²) in [4.78, 5) is 25.8. The van der Waals surface area contributed by atoms with E-state index in [2.05, 4.69) is 51.6 Å². The number of rotatable bonds is 13. The lowest BCUT2D eigenvalue weighted by Gasteiger charge is -2.30. The Bertz CT molecular complexity index is 1140. The highest BCUT2D eigenvalue weighted by Crippen LogP contribution is 2.35. The molecule has 5 heteroatoms. The predicted octanol–water partition coefficient (Wildman–Crippen LogP) is 6.41. The van der Waals surface area contributed by atoms with E-state index in [1.165, 1.54) is 10.6 Å². The lowest BCUT2D eigenvalue weighted by Crippen LogP contribution is -2.33. The van der Waals surface area contributed by atoms with Crippen LogP contribution in [0.1, 0.15) is 50.9 Å². The van der Waals surface area contributed by atoms with E-state index in [4.69, 9.17) is 9.47 Å². The third-order valence-electron chi connectivity index (χ3n) is 6.60. The molecule has 3 atom stereocenters. The second kappa shape index (κ2) is 14.6. The van der Waals surface area contributed by atoms with Crippen LogP contribution < -0.4 is 15.9 Å². The van der Waals surface area contributed by atoms with Crippen LogP contribution in [0.15, 0.2) is 97.6 Å². The summed E-state index contributed by atoms with van der Waals surface area (Å²) in [5.41, 5.74) is 0.593. The quantitative estimate of drug-likeness (QED) is 0.146. The van der Waals surface area contributed by atoms with Crippen LogP contribution in [0, 0.1) is 17.8 Å². The number of hydrogen-bond donors (Lipinski definition) is 0. The zero-order valence-electron chi connectivity index (χ0n) is 22.9. The molecule has 0 heterocycles. The molecular formula is C33H39O4P. The van der Waals surface area contributed by atoms with E-state index < -0.39 is 7.92 Å². The van der Waals surface area contributed by atoms with Crippen LogP contribution in [0.3, 0.4) is 0 Å². The van der Waals surface area contributed by atoms with Gasteiger partial charge in [-0.25, -0.2) is 4.79 Å². The SMILES string of the molecule is C=C[C@@H](CC(=O)OCC)C[C@@H](C)[C@H](OC(=O)c1ccccc1P(c1ccccc1)c1ccccc1)C(C)C. The molecule has 0 amide bonds. The van der Waals surface area contributed by atoms with Gasteiger partial charge < -0.3 is 9.47 Å². The topological polar surface area (TPSA) is 52.6 Å². The minimum absolute atomic E-state index is 0.0355. The van der Waals surface area contributed by atoms with E-state index in [1.807, 2.05) is 60.7 Å². The molecule has 3 aromatic carbocycles. The fraction of sp³-hybridized carbons (Fsp3) is 0.333. The van der Waals surface area contributed by atoms with Gasteiger partial charge in [-0.1, -0.05) is 106 Å². The highest BCUT2D eigenvalue weighted by molar-refractivity contribution is 7.80. The summed E-state index contributed by atoms with van der Waals surface area (Å²) in [6.07, 6.45) is 2.46. The van der Waals surface area contributed by atoms with Crippen molar-refractivity contribution in [1.29, 1.82) is 0 Å². The summed E-state index contributed by atoms with van der Waals surface area (Å²) in [7, 11) is -0.951. The molecule has 0 aliphatic rings. The van der Waals surface area contributed by atoms with Crippen LogP contribution in [0.2, 0.25) is 0 Å². The van der Waals surface area contributed by atoms with Crippen LogP contribution >= 0.6 is 7.92 Å². The van der Waals surface area contributed by atoms with Crippen molar-refractivity contribution in [3.8, 4) is 0 Å². The third-order valence-corrected chi connectivity index (χ3v) is 9.10. The maximum Gasteiger partial charge on any atom is 0.339 e. The van der Waals surface area contributed by atoms with Gasteiger partial charge >= 0.3 is 11.9 Å². The number of carbonyl (C=O) groups excluding carboxylic acids is 2. The summed E-state index contributed by atoms with van der Waals surface area (Å²) in [5, 5.41) is 3.33. The Balaban J connectivity index is 1.88. The van der Waals surface area contributed by atoms with Crippen molar-refractivity contribution in [3.05, 3.63) is 103 Å². The summed E-state index contributed by atoms with van der Waals surface area (Å²) in [6, 6.07) is 28.5. The molecule has 0 saturated heterocycles. The summed E-state index contributed by atoms with van der Waals surface area (Å²) in [5.74, 6) is -0.439. The normalized spacial score (nSPS) is 13.5. The van der Waals surface area contributed by atoms with Gasteiger partial charge in [0.05, 0.1) is 18.6 Å². The number of benzene rings is 3. The third kappa shape index (κ3) is 7.88. The monoisotopic (exact) mass is 530 g/mol. The van der Waals surface area contributed by atoms with Crippen LogP contribution in [-0.4, -0.2) is 24.6 Å². The molecule has 0 fully saturated rings. The summed E-state index contributed by atoms with van der Waals surface area (Å²) >= 11 is 0. The van der Waals surface area contributed by atoms with Crippen LogP contribution in [0.5, 0.6) is 0 Å². The molecule has 0 saturated carbocycles. The maximum absolute atomic E-state index is 13.8. The van der Waals surface area contributed by atoms with Gasteiger partial charge in [0, 0.05) is 0 Å². The van der Waals surface area contributed by atoms with E-state index >= 15 is 0 Å². The van der Waals surface area contributed by atoms with Crippen molar-refractivity contribution in [3.63, 3.8) is 0 Å². The average Bonchev–Trinajstić information content (AvgIpc) is 2.92. The molecule has 3 aromatic rings. The van der Waals surface area contributed by atoms with Crippen LogP contribution in [0.25, 0.3) is 0 Å². The first-order chi connectivity index (χ1) is 18.3. The molecule has 0 aromatic heterocycles. The van der Waals surface area contributed by atoms with Gasteiger partial charge in [-0.2, -0.15) is 0 Å². The highest BCUT2D eigenvalue weighted by Gasteiger charge is 2.30. The lowest BCUT2D eigenvalue weighted by molar-refractivity contribution is -0.144. The Morgan fingerprint density at radius 1 is 0.868 bits per heavy atom. The van der Waals surface area contributed by atoms with E-state index in [1.54, 1.807) is 13.0 Å². The van der Waals surface area contributed by atoms with E-state index in [-0.39, 0.29) is 42.2 Å². The fourth-order valence-electron chi connectivity index (χ4n) is 4.83. The van der Waals surface area contributed by atoms with Crippen molar-refractivity contribution in [2.75, 3.05) is 6.61 Å². The largest absolute Gasteiger partial charge is 0.466 e. The first-order valence-corrected chi connectivity index (χ1v) is 14.7. The predicted molar refractivity (Wildman–Crippen MR) is 158 cm³/mol. The number of ether oxygens (including phenoxy) is 2. The van der Waals surface area contributed by atoms with Gasteiger partial charge in [-0.05, 0) is 61.0 Å². The van der Waals surface area contributed by atoms with Gasteiger partial charge in [-0.15, -0.1) is 6.58 Å². The molecule has 0 bridgehead atoms. The lowest BCUT2D eigenvalue weighted by atomic mass is 9.85.